The molecule has 3 fully saturated rings. The number of hydrogen-bond donors (Lipinski definition) is 1. The first kappa shape index (κ1) is 14.4. The van der Waals surface area contributed by atoms with Crippen molar-refractivity contribution in [2.75, 3.05) is 19.5 Å². The van der Waals surface area contributed by atoms with Crippen LogP contribution in [0.3, 0.4) is 0 Å². The molecule has 0 radical (unpaired) electrons. The van der Waals surface area contributed by atoms with Crippen molar-refractivity contribution in [3.05, 3.63) is 18.2 Å². The third kappa shape index (κ3) is 2.08. The maximum Gasteiger partial charge on any atom is 0.310 e. The summed E-state index contributed by atoms with van der Waals surface area (Å²) in [5.74, 6) is 0.721. The maximum atomic E-state index is 12.8. The molecule has 2 bridgehead atoms. The molecule has 4 rings (SSSR count). The van der Waals surface area contributed by atoms with Crippen molar-refractivity contribution < 1.29 is 23.8 Å². The number of carbonyl (C=O) groups excluding carboxylic acids is 2. The molecule has 0 unspecified atom stereocenters. The smallest absolute Gasteiger partial charge is 0.310 e. The normalized spacial score (nSPS) is 33.5. The van der Waals surface area contributed by atoms with Crippen LogP contribution in [0.4, 0.5) is 5.69 Å². The second-order valence-corrected chi connectivity index (χ2v) is 6.48. The van der Waals surface area contributed by atoms with Crippen LogP contribution < -0.4 is 14.8 Å². The zero-order chi connectivity index (χ0) is 16.1. The van der Waals surface area contributed by atoms with Gasteiger partial charge in [-0.25, -0.2) is 0 Å². The minimum atomic E-state index is -0.304. The zero-order valence-corrected chi connectivity index (χ0v) is 13.1. The van der Waals surface area contributed by atoms with Crippen LogP contribution in [0.2, 0.25) is 0 Å². The Morgan fingerprint density at radius 1 is 1.26 bits per heavy atom. The molecule has 23 heavy (non-hydrogen) atoms. The van der Waals surface area contributed by atoms with Crippen molar-refractivity contribution in [3.8, 4) is 11.5 Å². The van der Waals surface area contributed by atoms with E-state index < -0.39 is 0 Å². The zero-order valence-electron chi connectivity index (χ0n) is 13.1. The molecule has 1 N–H and O–H groups in total. The third-order valence-electron chi connectivity index (χ3n) is 5.45. The lowest BCUT2D eigenvalue weighted by Gasteiger charge is -2.24. The van der Waals surface area contributed by atoms with Crippen molar-refractivity contribution in [3.63, 3.8) is 0 Å². The number of fused-ring (bicyclic) bond motifs is 1. The molecule has 0 aromatic heterocycles. The second-order valence-electron chi connectivity index (χ2n) is 6.48. The molecule has 3 aliphatic rings. The number of carbonyl (C=O) groups is 2. The molecule has 1 amide bonds. The van der Waals surface area contributed by atoms with E-state index in [1.807, 2.05) is 0 Å². The Kier molecular flexibility index (Phi) is 3.21. The van der Waals surface area contributed by atoms with Gasteiger partial charge in [0, 0.05) is 12.0 Å². The highest BCUT2D eigenvalue weighted by atomic mass is 16.6. The van der Waals surface area contributed by atoms with Gasteiger partial charge < -0.3 is 19.5 Å². The van der Waals surface area contributed by atoms with Crippen LogP contribution in [0.15, 0.2) is 18.2 Å². The number of nitrogens with one attached hydrogen (secondary N) is 1. The lowest BCUT2D eigenvalue weighted by atomic mass is 9.79. The molecule has 1 aliphatic heterocycles. The molecular formula is C17H19NO5. The fraction of sp³-hybridized carbons (Fsp3) is 0.529. The highest BCUT2D eigenvalue weighted by Crippen LogP contribution is 2.57. The van der Waals surface area contributed by atoms with Crippen LogP contribution in [-0.2, 0) is 14.3 Å². The van der Waals surface area contributed by atoms with Crippen molar-refractivity contribution in [1.82, 2.24) is 0 Å². The third-order valence-corrected chi connectivity index (χ3v) is 5.45. The Labute approximate surface area is 134 Å². The molecule has 5 atom stereocenters. The van der Waals surface area contributed by atoms with E-state index in [9.17, 15) is 9.59 Å². The summed E-state index contributed by atoms with van der Waals surface area (Å²) in [6, 6.07) is 5.24. The van der Waals surface area contributed by atoms with Gasteiger partial charge in [-0.3, -0.25) is 9.59 Å². The number of ether oxygens (including phenoxy) is 3. The van der Waals surface area contributed by atoms with E-state index in [0.29, 0.717) is 17.2 Å². The summed E-state index contributed by atoms with van der Waals surface area (Å²) < 4.78 is 15.9. The summed E-state index contributed by atoms with van der Waals surface area (Å²) in [5, 5.41) is 2.91. The first-order chi connectivity index (χ1) is 11.1. The number of rotatable bonds is 4. The molecule has 1 aromatic carbocycles. The summed E-state index contributed by atoms with van der Waals surface area (Å²) >= 11 is 0. The minimum Gasteiger partial charge on any atom is -0.497 e. The number of benzene rings is 1. The Balaban J connectivity index is 1.58. The molecule has 122 valence electrons. The summed E-state index contributed by atoms with van der Waals surface area (Å²) in [6.07, 6.45) is 1.75. The Bertz CT molecular complexity index is 671. The number of esters is 1. The number of hydrogen-bond acceptors (Lipinski definition) is 5. The summed E-state index contributed by atoms with van der Waals surface area (Å²) in [4.78, 5) is 24.8. The number of anilines is 1. The predicted octanol–water partition coefficient (Wildman–Crippen LogP) is 1.84. The first-order valence-corrected chi connectivity index (χ1v) is 7.85. The van der Waals surface area contributed by atoms with Gasteiger partial charge in [0.2, 0.25) is 5.91 Å². The summed E-state index contributed by atoms with van der Waals surface area (Å²) in [7, 11) is 3.12. The van der Waals surface area contributed by atoms with Gasteiger partial charge in [0.25, 0.3) is 0 Å². The van der Waals surface area contributed by atoms with Crippen molar-refractivity contribution in [2.45, 2.75) is 18.9 Å². The summed E-state index contributed by atoms with van der Waals surface area (Å²) in [5.41, 5.74) is 0.558. The van der Waals surface area contributed by atoms with Crippen molar-refractivity contribution in [2.24, 2.45) is 23.7 Å². The van der Waals surface area contributed by atoms with Crippen LogP contribution in [0.25, 0.3) is 0 Å². The molecule has 1 heterocycles. The first-order valence-electron chi connectivity index (χ1n) is 7.85. The average Bonchev–Trinajstić information content (AvgIpc) is 3.16. The van der Waals surface area contributed by atoms with Crippen LogP contribution in [0.1, 0.15) is 12.8 Å². The molecular weight excluding hydrogens is 298 g/mol. The predicted molar refractivity (Wildman–Crippen MR) is 81.2 cm³/mol. The monoisotopic (exact) mass is 317 g/mol. The molecule has 1 saturated heterocycles. The molecule has 2 saturated carbocycles. The lowest BCUT2D eigenvalue weighted by Crippen LogP contribution is -2.35. The van der Waals surface area contributed by atoms with Crippen molar-refractivity contribution in [1.29, 1.82) is 0 Å². The lowest BCUT2D eigenvalue weighted by molar-refractivity contribution is -0.145. The topological polar surface area (TPSA) is 73.9 Å². The highest BCUT2D eigenvalue weighted by molar-refractivity contribution is 5.98. The van der Waals surface area contributed by atoms with Crippen LogP contribution in [-0.4, -0.2) is 32.2 Å². The molecule has 1 aromatic rings. The number of methoxy groups -OCH3 is 2. The largest absolute Gasteiger partial charge is 0.497 e. The van der Waals surface area contributed by atoms with Gasteiger partial charge in [0.15, 0.2) is 0 Å². The molecule has 2 aliphatic carbocycles. The molecule has 0 spiro atoms. The molecule has 6 nitrogen and oxygen atoms in total. The van der Waals surface area contributed by atoms with Gasteiger partial charge in [-0.2, -0.15) is 0 Å². The van der Waals surface area contributed by atoms with E-state index in [1.165, 1.54) is 0 Å². The van der Waals surface area contributed by atoms with Gasteiger partial charge in [-0.15, -0.1) is 0 Å². The Morgan fingerprint density at radius 2 is 2.09 bits per heavy atom. The maximum absolute atomic E-state index is 12.8. The van der Waals surface area contributed by atoms with E-state index in [-0.39, 0.29) is 41.7 Å². The van der Waals surface area contributed by atoms with E-state index in [1.54, 1.807) is 32.4 Å². The SMILES string of the molecule is COc1ccc(OC)c(NC(=O)[C@H]2[C@@H]3C[C@@H]4[C@@H]2C(=O)O[C@@H]4C3)c1. The van der Waals surface area contributed by atoms with Gasteiger partial charge in [-0.05, 0) is 30.9 Å². The van der Waals surface area contributed by atoms with Gasteiger partial charge >= 0.3 is 5.97 Å². The van der Waals surface area contributed by atoms with Crippen LogP contribution in [0.5, 0.6) is 11.5 Å². The van der Waals surface area contributed by atoms with Gasteiger partial charge in [0.1, 0.15) is 17.6 Å². The standard InChI is InChI=1S/C17H19NO5/c1-21-9-3-4-12(22-2)11(7-9)18-16(19)14-8-5-10-13(6-8)23-17(20)15(10)14/h3-4,7-8,10,13-15H,5-6H2,1-2H3,(H,18,19)/t8-,10+,13-,14+,15+/m1/s1. The Hall–Kier alpha value is -2.24. The number of amides is 1. The van der Waals surface area contributed by atoms with Gasteiger partial charge in [0.05, 0.1) is 31.7 Å². The second kappa shape index (κ2) is 5.15. The molecule has 6 heteroatoms. The van der Waals surface area contributed by atoms with Crippen LogP contribution >= 0.6 is 0 Å². The van der Waals surface area contributed by atoms with Crippen molar-refractivity contribution >= 4 is 17.6 Å². The Morgan fingerprint density at radius 3 is 2.83 bits per heavy atom. The fourth-order valence-electron chi connectivity index (χ4n) is 4.49. The van der Waals surface area contributed by atoms with E-state index in [0.717, 1.165) is 12.8 Å². The highest BCUT2D eigenvalue weighted by Gasteiger charge is 2.63. The van der Waals surface area contributed by atoms with E-state index in [2.05, 4.69) is 5.32 Å². The van der Waals surface area contributed by atoms with E-state index >= 15 is 0 Å². The fourth-order valence-corrected chi connectivity index (χ4v) is 4.49. The summed E-state index contributed by atoms with van der Waals surface area (Å²) in [6.45, 7) is 0. The minimum absolute atomic E-state index is 0.0351. The van der Waals surface area contributed by atoms with Crippen LogP contribution in [0, 0.1) is 23.7 Å². The van der Waals surface area contributed by atoms with E-state index in [4.69, 9.17) is 14.2 Å². The quantitative estimate of drug-likeness (QED) is 0.858. The average molecular weight is 317 g/mol. The van der Waals surface area contributed by atoms with Gasteiger partial charge in [-0.1, -0.05) is 0 Å².